The lowest BCUT2D eigenvalue weighted by molar-refractivity contribution is 0.172. The van der Waals surface area contributed by atoms with E-state index in [4.69, 9.17) is 16.7 Å². The molecule has 1 aromatic rings. The monoisotopic (exact) mass is 310 g/mol. The van der Waals surface area contributed by atoms with E-state index < -0.39 is 0 Å². The highest BCUT2D eigenvalue weighted by atomic mass is 35.5. The molecule has 0 atom stereocenters. The van der Waals surface area contributed by atoms with Crippen molar-refractivity contribution < 1.29 is 9.90 Å². The Labute approximate surface area is 131 Å². The topological polar surface area (TPSA) is 52.6 Å². The molecule has 4 nitrogen and oxygen atoms in total. The highest BCUT2D eigenvalue weighted by Crippen LogP contribution is 2.27. The fraction of sp³-hybridized carbons (Fsp3) is 0.562. The van der Waals surface area contributed by atoms with Crippen LogP contribution in [0.1, 0.15) is 32.3 Å². The molecule has 0 aromatic heterocycles. The van der Waals surface area contributed by atoms with E-state index in [-0.39, 0.29) is 18.1 Å². The molecule has 0 aliphatic heterocycles. The van der Waals surface area contributed by atoms with Crippen LogP contribution >= 0.6 is 11.6 Å². The van der Waals surface area contributed by atoms with Crippen LogP contribution in [-0.2, 0) is 5.41 Å². The molecule has 1 aliphatic rings. The summed E-state index contributed by atoms with van der Waals surface area (Å²) in [5.74, 6) is 0. The first-order valence-corrected chi connectivity index (χ1v) is 7.73. The second-order valence-electron chi connectivity index (χ2n) is 6.20. The van der Waals surface area contributed by atoms with Crippen molar-refractivity contribution in [2.45, 2.75) is 38.1 Å². The van der Waals surface area contributed by atoms with Crippen molar-refractivity contribution >= 4 is 17.6 Å². The molecular formula is C16H23ClN2O2. The van der Waals surface area contributed by atoms with Crippen LogP contribution in [0.3, 0.4) is 0 Å². The Bertz CT molecular complexity index is 484. The summed E-state index contributed by atoms with van der Waals surface area (Å²) in [5, 5.41) is 12.8. The number of hydrogen-bond acceptors (Lipinski definition) is 2. The van der Waals surface area contributed by atoms with Crippen LogP contribution in [0.4, 0.5) is 4.79 Å². The quantitative estimate of drug-likeness (QED) is 0.849. The molecule has 2 amide bonds. The highest BCUT2D eigenvalue weighted by Gasteiger charge is 2.32. The van der Waals surface area contributed by atoms with Crippen LogP contribution in [0.25, 0.3) is 0 Å². The Kier molecular flexibility index (Phi) is 5.12. The van der Waals surface area contributed by atoms with E-state index >= 15 is 0 Å². The van der Waals surface area contributed by atoms with E-state index in [9.17, 15) is 4.79 Å². The van der Waals surface area contributed by atoms with Crippen LogP contribution in [-0.4, -0.2) is 41.8 Å². The van der Waals surface area contributed by atoms with Gasteiger partial charge in [0.25, 0.3) is 0 Å². The molecule has 0 spiro atoms. The molecule has 2 N–H and O–H groups in total. The molecule has 5 heteroatoms. The number of rotatable bonds is 6. The van der Waals surface area contributed by atoms with E-state index in [0.29, 0.717) is 24.2 Å². The Morgan fingerprint density at radius 3 is 2.52 bits per heavy atom. The zero-order valence-corrected chi connectivity index (χ0v) is 13.4. The van der Waals surface area contributed by atoms with Gasteiger partial charge in [0.15, 0.2) is 0 Å². The zero-order valence-electron chi connectivity index (χ0n) is 12.6. The van der Waals surface area contributed by atoms with Gasteiger partial charge in [-0.15, -0.1) is 0 Å². The maximum Gasteiger partial charge on any atom is 0.317 e. The molecule has 116 valence electrons. The Morgan fingerprint density at radius 1 is 1.38 bits per heavy atom. The van der Waals surface area contributed by atoms with Crippen LogP contribution in [0, 0.1) is 0 Å². The van der Waals surface area contributed by atoms with E-state index in [1.54, 1.807) is 4.90 Å². The highest BCUT2D eigenvalue weighted by molar-refractivity contribution is 6.30. The van der Waals surface area contributed by atoms with Gasteiger partial charge in [-0.25, -0.2) is 4.79 Å². The normalized spacial score (nSPS) is 14.9. The first-order valence-electron chi connectivity index (χ1n) is 7.35. The molecule has 1 fully saturated rings. The van der Waals surface area contributed by atoms with Gasteiger partial charge in [-0.05, 0) is 30.5 Å². The molecule has 1 aliphatic carbocycles. The second kappa shape index (κ2) is 6.67. The lowest BCUT2D eigenvalue weighted by Gasteiger charge is -2.28. The van der Waals surface area contributed by atoms with Crippen LogP contribution in [0.5, 0.6) is 0 Å². The van der Waals surface area contributed by atoms with E-state index in [2.05, 4.69) is 19.2 Å². The number of aliphatic hydroxyl groups excluding tert-OH is 1. The zero-order chi connectivity index (χ0) is 15.5. The average Bonchev–Trinajstić information content (AvgIpc) is 3.27. The Hall–Kier alpha value is -1.26. The number of nitrogens with one attached hydrogen (secondary N) is 1. The number of aliphatic hydroxyl groups is 1. The summed E-state index contributed by atoms with van der Waals surface area (Å²) in [7, 11) is 0. The van der Waals surface area contributed by atoms with Crippen molar-refractivity contribution in [2.24, 2.45) is 0 Å². The van der Waals surface area contributed by atoms with Crippen molar-refractivity contribution in [1.82, 2.24) is 10.2 Å². The number of carbonyl (C=O) groups is 1. The average molecular weight is 311 g/mol. The largest absolute Gasteiger partial charge is 0.395 e. The summed E-state index contributed by atoms with van der Waals surface area (Å²) in [6.45, 7) is 5.12. The van der Waals surface area contributed by atoms with Gasteiger partial charge in [0.05, 0.1) is 6.61 Å². The minimum absolute atomic E-state index is 0.00446. The maximum absolute atomic E-state index is 12.2. The molecule has 2 rings (SSSR count). The number of nitrogens with zero attached hydrogens (tertiary/aromatic N) is 1. The first-order chi connectivity index (χ1) is 9.94. The Morgan fingerprint density at radius 2 is 2.00 bits per heavy atom. The lowest BCUT2D eigenvalue weighted by Crippen LogP contribution is -2.46. The van der Waals surface area contributed by atoms with Gasteiger partial charge in [0.2, 0.25) is 0 Å². The second-order valence-corrected chi connectivity index (χ2v) is 6.63. The lowest BCUT2D eigenvalue weighted by atomic mass is 9.85. The molecule has 0 unspecified atom stereocenters. The van der Waals surface area contributed by atoms with Gasteiger partial charge < -0.3 is 15.3 Å². The van der Waals surface area contributed by atoms with Crippen molar-refractivity contribution in [3.63, 3.8) is 0 Å². The van der Waals surface area contributed by atoms with Crippen molar-refractivity contribution in [1.29, 1.82) is 0 Å². The van der Waals surface area contributed by atoms with Crippen molar-refractivity contribution in [3.05, 3.63) is 34.9 Å². The van der Waals surface area contributed by atoms with Crippen molar-refractivity contribution in [3.8, 4) is 0 Å². The van der Waals surface area contributed by atoms with E-state index in [1.807, 2.05) is 24.3 Å². The van der Waals surface area contributed by atoms with Crippen LogP contribution < -0.4 is 5.32 Å². The molecule has 0 bridgehead atoms. The van der Waals surface area contributed by atoms with Gasteiger partial charge >= 0.3 is 6.03 Å². The van der Waals surface area contributed by atoms with Gasteiger partial charge in [-0.3, -0.25) is 0 Å². The van der Waals surface area contributed by atoms with Gasteiger partial charge in [-0.1, -0.05) is 37.6 Å². The summed E-state index contributed by atoms with van der Waals surface area (Å²) < 4.78 is 0. The van der Waals surface area contributed by atoms with Crippen LogP contribution in [0.2, 0.25) is 5.02 Å². The minimum Gasteiger partial charge on any atom is -0.395 e. The fourth-order valence-corrected chi connectivity index (χ4v) is 2.47. The number of urea groups is 1. The third-order valence-electron chi connectivity index (χ3n) is 3.90. The number of hydrogen-bond donors (Lipinski definition) is 2. The third-order valence-corrected chi connectivity index (χ3v) is 4.15. The molecule has 21 heavy (non-hydrogen) atoms. The van der Waals surface area contributed by atoms with E-state index in [1.165, 1.54) is 0 Å². The molecular weight excluding hydrogens is 288 g/mol. The summed E-state index contributed by atoms with van der Waals surface area (Å²) in [6.07, 6.45) is 2.07. The van der Waals surface area contributed by atoms with E-state index in [0.717, 1.165) is 18.4 Å². The molecule has 1 saturated carbocycles. The smallest absolute Gasteiger partial charge is 0.317 e. The molecule has 1 aromatic carbocycles. The van der Waals surface area contributed by atoms with Crippen LogP contribution in [0.15, 0.2) is 24.3 Å². The standard InChI is InChI=1S/C16H23ClN2O2/c1-16(2,12-3-5-13(17)6-4-12)11-18-15(21)19(9-10-20)14-7-8-14/h3-6,14,20H,7-11H2,1-2H3,(H,18,21). The summed E-state index contributed by atoms with van der Waals surface area (Å²) in [5.41, 5.74) is 0.960. The fourth-order valence-electron chi connectivity index (χ4n) is 2.35. The van der Waals surface area contributed by atoms with Crippen molar-refractivity contribution in [2.75, 3.05) is 19.7 Å². The number of amides is 2. The van der Waals surface area contributed by atoms with Gasteiger partial charge in [0, 0.05) is 29.6 Å². The predicted molar refractivity (Wildman–Crippen MR) is 84.7 cm³/mol. The molecule has 0 radical (unpaired) electrons. The molecule has 0 saturated heterocycles. The summed E-state index contributed by atoms with van der Waals surface area (Å²) in [4.78, 5) is 14.0. The maximum atomic E-state index is 12.2. The minimum atomic E-state index is -0.172. The predicted octanol–water partition coefficient (Wildman–Crippen LogP) is 2.78. The summed E-state index contributed by atoms with van der Waals surface area (Å²) in [6, 6.07) is 7.91. The van der Waals surface area contributed by atoms with Gasteiger partial charge in [0.1, 0.15) is 0 Å². The number of benzene rings is 1. The Balaban J connectivity index is 1.93. The summed E-state index contributed by atoms with van der Waals surface area (Å²) >= 11 is 5.91. The third kappa shape index (κ3) is 4.35. The number of halogens is 1. The molecule has 0 heterocycles. The van der Waals surface area contributed by atoms with Gasteiger partial charge in [-0.2, -0.15) is 0 Å². The first kappa shape index (κ1) is 16.1. The SMILES string of the molecule is CC(C)(CNC(=O)N(CCO)C1CC1)c1ccc(Cl)cc1. The number of carbonyl (C=O) groups excluding carboxylic acids is 1.